The van der Waals surface area contributed by atoms with Gasteiger partial charge in [0.25, 0.3) is 0 Å². The third-order valence-corrected chi connectivity index (χ3v) is 5.51. The van der Waals surface area contributed by atoms with Gasteiger partial charge in [0.2, 0.25) is 11.8 Å². The number of hydrogen-bond acceptors (Lipinski definition) is 10. The van der Waals surface area contributed by atoms with E-state index in [1.807, 2.05) is 0 Å². The molecular formula is C23H42N2O10. The molecule has 2 aliphatic rings. The van der Waals surface area contributed by atoms with E-state index in [9.17, 15) is 19.8 Å². The zero-order valence-corrected chi connectivity index (χ0v) is 20.6. The van der Waals surface area contributed by atoms with Gasteiger partial charge in [-0.2, -0.15) is 0 Å². The van der Waals surface area contributed by atoms with Crippen molar-refractivity contribution < 1.29 is 48.2 Å². The van der Waals surface area contributed by atoms with E-state index in [0.717, 1.165) is 25.9 Å². The Kier molecular flexibility index (Phi) is 16.1. The SMILES string of the molecule is O=C1CCCN1CCOCC(O)COCCOCOCCOCC(O)COCCN1CCCC1=O. The molecule has 12 heteroatoms. The second-order valence-corrected chi connectivity index (χ2v) is 8.51. The molecule has 2 atom stereocenters. The number of aliphatic hydroxyl groups excluding tert-OH is 2. The van der Waals surface area contributed by atoms with Crippen LogP contribution in [-0.2, 0) is 38.0 Å². The molecule has 2 heterocycles. The first-order valence-electron chi connectivity index (χ1n) is 12.4. The summed E-state index contributed by atoms with van der Waals surface area (Å²) in [6, 6.07) is 0. The minimum atomic E-state index is -0.729. The van der Waals surface area contributed by atoms with Crippen LogP contribution in [-0.4, -0.2) is 143 Å². The Bertz CT molecular complexity index is 535. The lowest BCUT2D eigenvalue weighted by molar-refractivity contribution is -0.129. The molecule has 2 aliphatic heterocycles. The van der Waals surface area contributed by atoms with E-state index in [0.29, 0.717) is 65.6 Å². The van der Waals surface area contributed by atoms with Crippen LogP contribution in [0.1, 0.15) is 25.7 Å². The number of amides is 2. The molecule has 2 rings (SSSR count). The molecule has 2 saturated heterocycles. The Labute approximate surface area is 207 Å². The van der Waals surface area contributed by atoms with Crippen LogP contribution in [0, 0.1) is 0 Å². The van der Waals surface area contributed by atoms with Gasteiger partial charge in [-0.05, 0) is 12.8 Å². The molecule has 2 N–H and O–H groups in total. The molecule has 35 heavy (non-hydrogen) atoms. The third kappa shape index (κ3) is 14.1. The maximum atomic E-state index is 11.5. The maximum absolute atomic E-state index is 11.5. The molecule has 0 saturated carbocycles. The smallest absolute Gasteiger partial charge is 0.222 e. The van der Waals surface area contributed by atoms with Gasteiger partial charge in [-0.25, -0.2) is 0 Å². The lowest BCUT2D eigenvalue weighted by Crippen LogP contribution is -2.30. The van der Waals surface area contributed by atoms with E-state index < -0.39 is 12.2 Å². The van der Waals surface area contributed by atoms with Crippen LogP contribution in [0.5, 0.6) is 0 Å². The number of carbonyl (C=O) groups is 2. The highest BCUT2D eigenvalue weighted by Gasteiger charge is 2.20. The minimum absolute atomic E-state index is 0.0918. The number of hydrogen-bond donors (Lipinski definition) is 2. The zero-order chi connectivity index (χ0) is 25.1. The summed E-state index contributed by atoms with van der Waals surface area (Å²) in [5.41, 5.74) is 0. The topological polar surface area (TPSA) is 136 Å². The van der Waals surface area contributed by atoms with Gasteiger partial charge in [-0.1, -0.05) is 0 Å². The van der Waals surface area contributed by atoms with Crippen molar-refractivity contribution in [3.63, 3.8) is 0 Å². The Balaban J connectivity index is 1.26. The first kappa shape index (κ1) is 29.8. The monoisotopic (exact) mass is 506 g/mol. The van der Waals surface area contributed by atoms with Crippen molar-refractivity contribution in [3.8, 4) is 0 Å². The molecule has 0 radical (unpaired) electrons. The van der Waals surface area contributed by atoms with Crippen molar-refractivity contribution >= 4 is 11.8 Å². The molecule has 0 spiro atoms. The number of nitrogens with zero attached hydrogens (tertiary/aromatic N) is 2. The Morgan fingerprint density at radius 3 is 1.34 bits per heavy atom. The van der Waals surface area contributed by atoms with Crippen molar-refractivity contribution in [1.29, 1.82) is 0 Å². The summed E-state index contributed by atoms with van der Waals surface area (Å²) in [5.74, 6) is 0.330. The van der Waals surface area contributed by atoms with Gasteiger partial charge in [0.1, 0.15) is 19.0 Å². The van der Waals surface area contributed by atoms with Gasteiger partial charge in [0.05, 0.1) is 66.1 Å². The van der Waals surface area contributed by atoms with Crippen LogP contribution in [0.15, 0.2) is 0 Å². The summed E-state index contributed by atoms with van der Waals surface area (Å²) in [4.78, 5) is 26.5. The fourth-order valence-electron chi connectivity index (χ4n) is 3.62. The summed E-state index contributed by atoms with van der Waals surface area (Å²) in [6.07, 6.45) is 1.58. The maximum Gasteiger partial charge on any atom is 0.222 e. The molecule has 0 aromatic rings. The molecule has 12 nitrogen and oxygen atoms in total. The highest BCUT2D eigenvalue weighted by molar-refractivity contribution is 5.78. The Hall–Kier alpha value is -1.38. The number of aliphatic hydroxyl groups is 2. The predicted octanol–water partition coefficient (Wildman–Crippen LogP) is -0.990. The summed E-state index contributed by atoms with van der Waals surface area (Å²) in [6.45, 7) is 5.47. The van der Waals surface area contributed by atoms with Crippen molar-refractivity contribution in [3.05, 3.63) is 0 Å². The molecule has 0 aromatic carbocycles. The summed E-state index contributed by atoms with van der Waals surface area (Å²) in [5, 5.41) is 19.6. The minimum Gasteiger partial charge on any atom is -0.388 e. The molecule has 0 aliphatic carbocycles. The fourth-order valence-corrected chi connectivity index (χ4v) is 3.62. The highest BCUT2D eigenvalue weighted by Crippen LogP contribution is 2.09. The lowest BCUT2D eigenvalue weighted by Gasteiger charge is -2.17. The van der Waals surface area contributed by atoms with E-state index >= 15 is 0 Å². The molecule has 2 unspecified atom stereocenters. The van der Waals surface area contributed by atoms with E-state index in [4.69, 9.17) is 28.4 Å². The molecule has 2 fully saturated rings. The standard InChI is InChI=1S/C23H42N2O10/c26-20(15-30-9-7-24-5-1-3-22(24)28)17-32-11-13-34-19-35-14-12-33-18-21(27)16-31-10-8-25-6-2-4-23(25)29/h20-21,26-27H,1-19H2. The van der Waals surface area contributed by atoms with Crippen LogP contribution in [0.3, 0.4) is 0 Å². The van der Waals surface area contributed by atoms with Crippen LogP contribution in [0.4, 0.5) is 0 Å². The second kappa shape index (κ2) is 18.8. The average molecular weight is 507 g/mol. The van der Waals surface area contributed by atoms with Crippen LogP contribution >= 0.6 is 0 Å². The number of rotatable bonds is 22. The van der Waals surface area contributed by atoms with Crippen molar-refractivity contribution in [2.24, 2.45) is 0 Å². The molecule has 204 valence electrons. The van der Waals surface area contributed by atoms with Gasteiger partial charge in [-0.3, -0.25) is 9.59 Å². The molecular weight excluding hydrogens is 464 g/mol. The predicted molar refractivity (Wildman–Crippen MR) is 124 cm³/mol. The average Bonchev–Trinajstić information content (AvgIpc) is 3.45. The summed E-state index contributed by atoms with van der Waals surface area (Å²) in [7, 11) is 0. The summed E-state index contributed by atoms with van der Waals surface area (Å²) < 4.78 is 32.0. The Morgan fingerprint density at radius 2 is 0.971 bits per heavy atom. The van der Waals surface area contributed by atoms with Gasteiger partial charge in [-0.15, -0.1) is 0 Å². The van der Waals surface area contributed by atoms with Gasteiger partial charge >= 0.3 is 0 Å². The van der Waals surface area contributed by atoms with E-state index in [1.165, 1.54) is 0 Å². The molecule has 0 bridgehead atoms. The van der Waals surface area contributed by atoms with E-state index in [-0.39, 0.29) is 45.0 Å². The zero-order valence-electron chi connectivity index (χ0n) is 20.6. The van der Waals surface area contributed by atoms with Crippen molar-refractivity contribution in [2.75, 3.05) is 99.0 Å². The number of likely N-dealkylation sites (tertiary alicyclic amines) is 2. The molecule has 2 amide bonds. The van der Waals surface area contributed by atoms with E-state index in [2.05, 4.69) is 0 Å². The third-order valence-electron chi connectivity index (χ3n) is 5.51. The Morgan fingerprint density at radius 1 is 0.600 bits per heavy atom. The van der Waals surface area contributed by atoms with E-state index in [1.54, 1.807) is 9.80 Å². The fraction of sp³-hybridized carbons (Fsp3) is 0.913. The highest BCUT2D eigenvalue weighted by atomic mass is 16.7. The van der Waals surface area contributed by atoms with Gasteiger partial charge in [0, 0.05) is 39.0 Å². The van der Waals surface area contributed by atoms with Crippen molar-refractivity contribution in [2.45, 2.75) is 37.9 Å². The lowest BCUT2D eigenvalue weighted by atomic mass is 10.4. The van der Waals surface area contributed by atoms with Crippen molar-refractivity contribution in [1.82, 2.24) is 9.80 Å². The van der Waals surface area contributed by atoms with Crippen LogP contribution < -0.4 is 0 Å². The normalized spacial score (nSPS) is 18.1. The number of carbonyl (C=O) groups excluding carboxylic acids is 2. The summed E-state index contributed by atoms with van der Waals surface area (Å²) >= 11 is 0. The first-order chi connectivity index (χ1) is 17.1. The van der Waals surface area contributed by atoms with Crippen LogP contribution in [0.2, 0.25) is 0 Å². The molecule has 0 aromatic heterocycles. The largest absolute Gasteiger partial charge is 0.388 e. The quantitative estimate of drug-likeness (QED) is 0.139. The second-order valence-electron chi connectivity index (χ2n) is 8.51. The first-order valence-corrected chi connectivity index (χ1v) is 12.4. The van der Waals surface area contributed by atoms with Gasteiger partial charge in [0.15, 0.2) is 0 Å². The van der Waals surface area contributed by atoms with Crippen LogP contribution in [0.25, 0.3) is 0 Å². The van der Waals surface area contributed by atoms with Gasteiger partial charge < -0.3 is 48.4 Å². The number of ether oxygens (including phenoxy) is 6.